The second-order valence-corrected chi connectivity index (χ2v) is 2.94. The fourth-order valence-electron chi connectivity index (χ4n) is 1.35. The first kappa shape index (κ1) is 7.22. The Balaban J connectivity index is 2.91. The van der Waals surface area contributed by atoms with Crippen LogP contribution in [-0.4, -0.2) is 5.10 Å². The van der Waals surface area contributed by atoms with Gasteiger partial charge in [0.25, 0.3) is 0 Å². The predicted molar refractivity (Wildman–Crippen MR) is 47.7 cm³/mol. The fourth-order valence-corrected chi connectivity index (χ4v) is 1.35. The average Bonchev–Trinajstić information content (AvgIpc) is 2.12. The molecule has 0 aliphatic rings. The molecular formula is C10H11N2+. The molecule has 2 aromatic rings. The number of benzene rings is 1. The molecule has 0 radical (unpaired) electrons. The summed E-state index contributed by atoms with van der Waals surface area (Å²) in [5.74, 6) is 0. The number of nitrogens with zero attached hydrogens (tertiary/aromatic N) is 2. The number of rotatable bonds is 0. The molecule has 0 amide bonds. The molecule has 0 N–H and O–H groups in total. The van der Waals surface area contributed by atoms with Gasteiger partial charge in [-0.1, -0.05) is 22.9 Å². The number of hydrogen-bond donors (Lipinski definition) is 0. The van der Waals surface area contributed by atoms with E-state index in [0.717, 1.165) is 0 Å². The smallest absolute Gasteiger partial charge is 0.0909 e. The first-order valence-corrected chi connectivity index (χ1v) is 4.00. The zero-order valence-corrected chi connectivity index (χ0v) is 7.28. The van der Waals surface area contributed by atoms with Crippen LogP contribution in [0.5, 0.6) is 0 Å². The molecule has 1 heterocycles. The van der Waals surface area contributed by atoms with Crippen LogP contribution in [0.4, 0.5) is 0 Å². The normalized spacial score (nSPS) is 10.5. The van der Waals surface area contributed by atoms with Crippen molar-refractivity contribution in [3.8, 4) is 0 Å². The monoisotopic (exact) mass is 159 g/mol. The van der Waals surface area contributed by atoms with E-state index < -0.39 is 0 Å². The molecule has 60 valence electrons. The highest BCUT2D eigenvalue weighted by atomic mass is 15.2. The Morgan fingerprint density at radius 2 is 2.00 bits per heavy atom. The topological polar surface area (TPSA) is 16.8 Å². The van der Waals surface area contributed by atoms with E-state index in [-0.39, 0.29) is 0 Å². The molecule has 0 spiro atoms. The van der Waals surface area contributed by atoms with Crippen LogP contribution in [-0.2, 0) is 7.05 Å². The minimum Gasteiger partial charge on any atom is -0.0909 e. The van der Waals surface area contributed by atoms with Gasteiger partial charge >= 0.3 is 0 Å². The molecule has 1 aromatic carbocycles. The highest BCUT2D eigenvalue weighted by molar-refractivity contribution is 5.82. The van der Waals surface area contributed by atoms with Gasteiger partial charge in [-0.25, -0.2) is 0 Å². The second kappa shape index (κ2) is 2.55. The largest absolute Gasteiger partial charge is 0.212 e. The number of aromatic nitrogens is 2. The molecule has 0 saturated carbocycles. The van der Waals surface area contributed by atoms with E-state index in [2.05, 4.69) is 30.2 Å². The average molecular weight is 159 g/mol. The number of fused-ring (bicyclic) bond motifs is 1. The van der Waals surface area contributed by atoms with Crippen molar-refractivity contribution in [2.45, 2.75) is 6.92 Å². The summed E-state index contributed by atoms with van der Waals surface area (Å²) in [5.41, 5.74) is 1.20. The molecule has 0 unspecified atom stereocenters. The summed E-state index contributed by atoms with van der Waals surface area (Å²) in [7, 11) is 1.96. The summed E-state index contributed by atoms with van der Waals surface area (Å²) in [5, 5.41) is 6.70. The molecule has 0 aliphatic heterocycles. The van der Waals surface area contributed by atoms with Crippen molar-refractivity contribution in [2.75, 3.05) is 0 Å². The van der Waals surface area contributed by atoms with Crippen molar-refractivity contribution in [1.82, 2.24) is 5.10 Å². The van der Waals surface area contributed by atoms with E-state index in [4.69, 9.17) is 0 Å². The van der Waals surface area contributed by atoms with Gasteiger partial charge < -0.3 is 0 Å². The van der Waals surface area contributed by atoms with E-state index >= 15 is 0 Å². The van der Waals surface area contributed by atoms with Crippen LogP contribution in [0, 0.1) is 6.92 Å². The zero-order valence-electron chi connectivity index (χ0n) is 7.28. The summed E-state index contributed by atoms with van der Waals surface area (Å²) < 4.78 is 1.89. The lowest BCUT2D eigenvalue weighted by molar-refractivity contribution is -0.735. The van der Waals surface area contributed by atoms with Gasteiger partial charge in [-0.3, -0.25) is 0 Å². The van der Waals surface area contributed by atoms with Crippen molar-refractivity contribution < 1.29 is 4.68 Å². The van der Waals surface area contributed by atoms with Crippen LogP contribution in [0.2, 0.25) is 0 Å². The zero-order chi connectivity index (χ0) is 8.55. The Labute approximate surface area is 71.5 Å². The number of aryl methyl sites for hydroxylation is 2. The van der Waals surface area contributed by atoms with E-state index in [1.54, 1.807) is 0 Å². The Morgan fingerprint density at radius 1 is 1.25 bits per heavy atom. The first-order valence-electron chi connectivity index (χ1n) is 4.00. The minimum atomic E-state index is 1.20. The standard InChI is InChI=1S/C10H11N2/c1-8-10-6-4-3-5-9(10)7-11-12(8)2/h3-7H,1-2H3/q+1. The van der Waals surface area contributed by atoms with Gasteiger partial charge in [0.15, 0.2) is 7.05 Å². The van der Waals surface area contributed by atoms with Gasteiger partial charge in [0.1, 0.15) is 6.20 Å². The van der Waals surface area contributed by atoms with Crippen molar-refractivity contribution in [3.63, 3.8) is 0 Å². The molecule has 2 heteroatoms. The van der Waals surface area contributed by atoms with E-state index in [9.17, 15) is 0 Å². The molecule has 12 heavy (non-hydrogen) atoms. The van der Waals surface area contributed by atoms with Crippen molar-refractivity contribution in [1.29, 1.82) is 0 Å². The third-order valence-electron chi connectivity index (χ3n) is 2.21. The lowest BCUT2D eigenvalue weighted by Crippen LogP contribution is -2.36. The van der Waals surface area contributed by atoms with Crippen LogP contribution < -0.4 is 4.68 Å². The maximum Gasteiger partial charge on any atom is 0.212 e. The summed E-state index contributed by atoms with van der Waals surface area (Å²) >= 11 is 0. The molecule has 2 rings (SSSR count). The van der Waals surface area contributed by atoms with Gasteiger partial charge in [0.05, 0.1) is 5.39 Å². The minimum absolute atomic E-state index is 1.20. The SMILES string of the molecule is Cc1c2ccccc2cn[n+]1C. The maximum atomic E-state index is 4.22. The summed E-state index contributed by atoms with van der Waals surface area (Å²) in [4.78, 5) is 0. The van der Waals surface area contributed by atoms with Gasteiger partial charge in [0.2, 0.25) is 5.69 Å². The third kappa shape index (κ3) is 0.961. The Bertz CT molecular complexity index is 421. The fraction of sp³-hybridized carbons (Fsp3) is 0.200. The molecule has 0 atom stereocenters. The van der Waals surface area contributed by atoms with Crippen molar-refractivity contribution in [2.24, 2.45) is 7.05 Å². The Morgan fingerprint density at radius 3 is 2.83 bits per heavy atom. The van der Waals surface area contributed by atoms with Gasteiger partial charge in [-0.05, 0) is 11.2 Å². The lowest BCUT2D eigenvalue weighted by atomic mass is 10.1. The first-order chi connectivity index (χ1) is 5.79. The van der Waals surface area contributed by atoms with E-state index in [1.807, 2.05) is 24.0 Å². The van der Waals surface area contributed by atoms with Crippen LogP contribution in [0.1, 0.15) is 5.69 Å². The van der Waals surface area contributed by atoms with Gasteiger partial charge in [-0.2, -0.15) is 0 Å². The van der Waals surface area contributed by atoms with Crippen LogP contribution >= 0.6 is 0 Å². The molecule has 0 fully saturated rings. The van der Waals surface area contributed by atoms with Crippen LogP contribution in [0.3, 0.4) is 0 Å². The van der Waals surface area contributed by atoms with Crippen LogP contribution in [0.25, 0.3) is 10.8 Å². The highest BCUT2D eigenvalue weighted by Crippen LogP contribution is 2.12. The molecule has 0 bridgehead atoms. The summed E-state index contributed by atoms with van der Waals surface area (Å²) in [6.45, 7) is 2.08. The van der Waals surface area contributed by atoms with Gasteiger partial charge in [-0.15, -0.1) is 0 Å². The van der Waals surface area contributed by atoms with E-state index in [1.165, 1.54) is 16.5 Å². The molecule has 0 saturated heterocycles. The maximum absolute atomic E-state index is 4.22. The quantitative estimate of drug-likeness (QED) is 0.530. The number of hydrogen-bond acceptors (Lipinski definition) is 1. The van der Waals surface area contributed by atoms with E-state index in [0.29, 0.717) is 0 Å². The highest BCUT2D eigenvalue weighted by Gasteiger charge is 2.06. The summed E-state index contributed by atoms with van der Waals surface area (Å²) in [6.07, 6.45) is 1.89. The molecule has 1 aromatic heterocycles. The summed E-state index contributed by atoms with van der Waals surface area (Å²) in [6, 6.07) is 8.28. The lowest BCUT2D eigenvalue weighted by Gasteiger charge is -1.96. The molecule has 0 aliphatic carbocycles. The molecule has 2 nitrogen and oxygen atoms in total. The second-order valence-electron chi connectivity index (χ2n) is 2.94. The van der Waals surface area contributed by atoms with Crippen molar-refractivity contribution >= 4 is 10.8 Å². The Hall–Kier alpha value is -1.44. The third-order valence-corrected chi connectivity index (χ3v) is 2.21. The van der Waals surface area contributed by atoms with Crippen molar-refractivity contribution in [3.05, 3.63) is 36.2 Å². The predicted octanol–water partition coefficient (Wildman–Crippen LogP) is 1.37. The van der Waals surface area contributed by atoms with Crippen LogP contribution in [0.15, 0.2) is 30.5 Å². The molecular weight excluding hydrogens is 148 g/mol. The van der Waals surface area contributed by atoms with Gasteiger partial charge in [0, 0.05) is 12.3 Å². The Kier molecular flexibility index (Phi) is 1.54.